The summed E-state index contributed by atoms with van der Waals surface area (Å²) >= 11 is 0. The summed E-state index contributed by atoms with van der Waals surface area (Å²) in [4.78, 5) is 10.6. The summed E-state index contributed by atoms with van der Waals surface area (Å²) in [6, 6.07) is 7.46. The van der Waals surface area contributed by atoms with Gasteiger partial charge in [-0.1, -0.05) is 32.9 Å². The van der Waals surface area contributed by atoms with E-state index in [0.717, 1.165) is 22.5 Å². The first-order valence-corrected chi connectivity index (χ1v) is 6.93. The highest BCUT2D eigenvalue weighted by molar-refractivity contribution is 5.70. The second-order valence-electron chi connectivity index (χ2n) is 6.14. The molecule has 0 unspecified atom stereocenters. The molecule has 1 aromatic heterocycles. The van der Waals surface area contributed by atoms with Crippen LogP contribution in [0.5, 0.6) is 0 Å². The molecule has 0 aliphatic heterocycles. The monoisotopic (exact) mass is 287 g/mol. The van der Waals surface area contributed by atoms with E-state index in [1.165, 1.54) is 0 Å². The van der Waals surface area contributed by atoms with Crippen LogP contribution in [-0.4, -0.2) is 21.3 Å². The van der Waals surface area contributed by atoms with E-state index in [2.05, 4.69) is 36.3 Å². The van der Waals surface area contributed by atoms with Gasteiger partial charge in [-0.05, 0) is 17.7 Å². The number of carbonyl (C=O) groups is 1. The first-order chi connectivity index (χ1) is 9.86. The molecule has 21 heavy (non-hydrogen) atoms. The molecule has 0 saturated heterocycles. The molecule has 0 amide bonds. The summed E-state index contributed by atoms with van der Waals surface area (Å²) in [7, 11) is 0. The van der Waals surface area contributed by atoms with Gasteiger partial charge in [0.15, 0.2) is 0 Å². The maximum absolute atomic E-state index is 10.6. The topological polar surface area (TPSA) is 78.0 Å². The lowest BCUT2D eigenvalue weighted by molar-refractivity contribution is -0.136. The normalized spacial score (nSPS) is 11.4. The van der Waals surface area contributed by atoms with E-state index in [1.54, 1.807) is 0 Å². The van der Waals surface area contributed by atoms with Gasteiger partial charge in [-0.15, -0.1) is 0 Å². The van der Waals surface area contributed by atoms with Crippen molar-refractivity contribution in [2.24, 2.45) is 0 Å². The lowest BCUT2D eigenvalue weighted by Crippen LogP contribution is -2.15. The van der Waals surface area contributed by atoms with Crippen LogP contribution in [0.2, 0.25) is 0 Å². The minimum atomic E-state index is -0.816. The molecule has 1 heterocycles. The Morgan fingerprint density at radius 1 is 1.29 bits per heavy atom. The zero-order valence-corrected chi connectivity index (χ0v) is 12.6. The highest BCUT2D eigenvalue weighted by Crippen LogP contribution is 2.24. The number of aliphatic carboxylic acids is 1. The van der Waals surface area contributed by atoms with E-state index in [9.17, 15) is 4.79 Å². The molecule has 0 aliphatic rings. The van der Waals surface area contributed by atoms with E-state index in [1.807, 2.05) is 30.5 Å². The van der Waals surface area contributed by atoms with Gasteiger partial charge in [-0.3, -0.25) is 9.89 Å². The minimum Gasteiger partial charge on any atom is -0.481 e. The number of rotatable bonds is 5. The van der Waals surface area contributed by atoms with Crippen molar-refractivity contribution in [3.05, 3.63) is 47.3 Å². The van der Waals surface area contributed by atoms with Crippen molar-refractivity contribution >= 4 is 11.7 Å². The number of aromatic amines is 1. The van der Waals surface area contributed by atoms with Crippen LogP contribution in [0.3, 0.4) is 0 Å². The predicted octanol–water partition coefficient (Wildman–Crippen LogP) is 2.95. The van der Waals surface area contributed by atoms with Crippen LogP contribution in [0.15, 0.2) is 30.5 Å². The Labute approximate surface area is 124 Å². The van der Waals surface area contributed by atoms with Gasteiger partial charge in [0.1, 0.15) is 0 Å². The number of hydrogen-bond acceptors (Lipinski definition) is 3. The fraction of sp³-hybridized carbons (Fsp3) is 0.375. The standard InChI is InChI=1S/C16H21N3O2/c1-16(2,3)15-12(10-18-19-15)9-17-13-6-4-11(5-7-13)8-14(20)21/h4-7,10,17H,8-9H2,1-3H3,(H,18,19)(H,20,21). The zero-order chi connectivity index (χ0) is 15.5. The number of anilines is 1. The van der Waals surface area contributed by atoms with Crippen molar-refractivity contribution < 1.29 is 9.90 Å². The molecule has 2 rings (SSSR count). The van der Waals surface area contributed by atoms with Crippen LogP contribution in [0.1, 0.15) is 37.6 Å². The van der Waals surface area contributed by atoms with E-state index >= 15 is 0 Å². The van der Waals surface area contributed by atoms with Gasteiger partial charge >= 0.3 is 5.97 Å². The Morgan fingerprint density at radius 2 is 1.95 bits per heavy atom. The van der Waals surface area contributed by atoms with Crippen LogP contribution >= 0.6 is 0 Å². The van der Waals surface area contributed by atoms with E-state index in [-0.39, 0.29) is 11.8 Å². The third-order valence-corrected chi connectivity index (χ3v) is 3.26. The van der Waals surface area contributed by atoms with Gasteiger partial charge in [-0.2, -0.15) is 5.10 Å². The number of hydrogen-bond donors (Lipinski definition) is 3. The van der Waals surface area contributed by atoms with Gasteiger partial charge in [0, 0.05) is 28.9 Å². The molecule has 0 spiro atoms. The molecule has 112 valence electrons. The molecule has 1 aromatic carbocycles. The van der Waals surface area contributed by atoms with Crippen molar-refractivity contribution in [1.82, 2.24) is 10.2 Å². The van der Waals surface area contributed by atoms with E-state index in [0.29, 0.717) is 6.54 Å². The molecule has 5 nitrogen and oxygen atoms in total. The highest BCUT2D eigenvalue weighted by atomic mass is 16.4. The molecule has 2 aromatic rings. The molecule has 0 radical (unpaired) electrons. The molecule has 0 aliphatic carbocycles. The van der Waals surface area contributed by atoms with E-state index in [4.69, 9.17) is 5.11 Å². The summed E-state index contributed by atoms with van der Waals surface area (Å²) in [5.41, 5.74) is 4.05. The average molecular weight is 287 g/mol. The number of carboxylic acid groups (broad SMARTS) is 1. The molecule has 0 fully saturated rings. The summed E-state index contributed by atoms with van der Waals surface area (Å²) in [5, 5.41) is 19.3. The van der Waals surface area contributed by atoms with Crippen molar-refractivity contribution in [2.75, 3.05) is 5.32 Å². The quantitative estimate of drug-likeness (QED) is 0.790. The smallest absolute Gasteiger partial charge is 0.307 e. The number of nitrogens with one attached hydrogen (secondary N) is 2. The molecular weight excluding hydrogens is 266 g/mol. The molecule has 0 bridgehead atoms. The average Bonchev–Trinajstić information content (AvgIpc) is 2.85. The first-order valence-electron chi connectivity index (χ1n) is 6.93. The van der Waals surface area contributed by atoms with Crippen molar-refractivity contribution in [3.63, 3.8) is 0 Å². The zero-order valence-electron chi connectivity index (χ0n) is 12.6. The van der Waals surface area contributed by atoms with Gasteiger partial charge in [-0.25, -0.2) is 0 Å². The Hall–Kier alpha value is -2.30. The van der Waals surface area contributed by atoms with Crippen LogP contribution in [-0.2, 0) is 23.2 Å². The predicted molar refractivity (Wildman–Crippen MR) is 82.4 cm³/mol. The highest BCUT2D eigenvalue weighted by Gasteiger charge is 2.19. The Balaban J connectivity index is 2.00. The number of nitrogens with zero attached hydrogens (tertiary/aromatic N) is 1. The van der Waals surface area contributed by atoms with Crippen LogP contribution < -0.4 is 5.32 Å². The second kappa shape index (κ2) is 5.99. The van der Waals surface area contributed by atoms with Crippen LogP contribution in [0, 0.1) is 0 Å². The molecular formula is C16H21N3O2. The third-order valence-electron chi connectivity index (χ3n) is 3.26. The Kier molecular flexibility index (Phi) is 4.31. The Morgan fingerprint density at radius 3 is 2.52 bits per heavy atom. The summed E-state index contributed by atoms with van der Waals surface area (Å²) in [6.07, 6.45) is 1.89. The molecule has 5 heteroatoms. The van der Waals surface area contributed by atoms with Crippen molar-refractivity contribution in [3.8, 4) is 0 Å². The number of aromatic nitrogens is 2. The summed E-state index contributed by atoms with van der Waals surface area (Å²) in [5.74, 6) is -0.816. The Bertz CT molecular complexity index is 609. The molecule has 3 N–H and O–H groups in total. The van der Waals surface area contributed by atoms with Gasteiger partial charge in [0.2, 0.25) is 0 Å². The lowest BCUT2D eigenvalue weighted by atomic mass is 9.89. The van der Waals surface area contributed by atoms with Crippen LogP contribution in [0.25, 0.3) is 0 Å². The fourth-order valence-electron chi connectivity index (χ4n) is 2.21. The molecule has 0 saturated carbocycles. The van der Waals surface area contributed by atoms with Crippen molar-refractivity contribution in [2.45, 2.75) is 39.2 Å². The van der Waals surface area contributed by atoms with E-state index < -0.39 is 5.97 Å². The third kappa shape index (κ3) is 4.08. The van der Waals surface area contributed by atoms with Gasteiger partial charge in [0.05, 0.1) is 12.6 Å². The first kappa shape index (κ1) is 15.1. The van der Waals surface area contributed by atoms with Crippen molar-refractivity contribution in [1.29, 1.82) is 0 Å². The molecule has 0 atom stereocenters. The SMILES string of the molecule is CC(C)(C)c1[nH]ncc1CNc1ccc(CC(=O)O)cc1. The number of H-pyrrole nitrogens is 1. The maximum Gasteiger partial charge on any atom is 0.307 e. The summed E-state index contributed by atoms with van der Waals surface area (Å²) < 4.78 is 0. The summed E-state index contributed by atoms with van der Waals surface area (Å²) in [6.45, 7) is 7.11. The lowest BCUT2D eigenvalue weighted by Gasteiger charge is -2.18. The van der Waals surface area contributed by atoms with Gasteiger partial charge in [0.25, 0.3) is 0 Å². The number of carboxylic acids is 1. The minimum absolute atomic E-state index is 0.0266. The van der Waals surface area contributed by atoms with Gasteiger partial charge < -0.3 is 10.4 Å². The fourth-order valence-corrected chi connectivity index (χ4v) is 2.21. The second-order valence-corrected chi connectivity index (χ2v) is 6.14. The van der Waals surface area contributed by atoms with Crippen LogP contribution in [0.4, 0.5) is 5.69 Å². The maximum atomic E-state index is 10.6. The largest absolute Gasteiger partial charge is 0.481 e. The number of benzene rings is 1.